The van der Waals surface area contributed by atoms with Gasteiger partial charge in [-0.15, -0.1) is 0 Å². The number of nitriles is 1. The average molecular weight is 218 g/mol. The fourth-order valence-corrected chi connectivity index (χ4v) is 1.73. The van der Waals surface area contributed by atoms with Crippen LogP contribution >= 0.6 is 0 Å². The Bertz CT molecular complexity index is 481. The van der Waals surface area contributed by atoms with Crippen LogP contribution in [0.2, 0.25) is 0 Å². The predicted molar refractivity (Wildman–Crippen MR) is 59.3 cm³/mol. The molecular weight excluding hydrogens is 204 g/mol. The molecule has 0 aromatic carbocycles. The summed E-state index contributed by atoms with van der Waals surface area (Å²) < 4.78 is 6.57. The maximum Gasteiger partial charge on any atom is 0.272 e. The highest BCUT2D eigenvalue weighted by Gasteiger charge is 2.21. The highest BCUT2D eigenvalue weighted by Crippen LogP contribution is 2.32. The van der Waals surface area contributed by atoms with Crippen molar-refractivity contribution in [1.82, 2.24) is 4.57 Å². The van der Waals surface area contributed by atoms with Crippen LogP contribution in [0, 0.1) is 17.2 Å². The molecular formula is C12H14N2O2. The molecule has 0 N–H and O–H groups in total. The molecule has 0 radical (unpaired) electrons. The van der Waals surface area contributed by atoms with Crippen molar-refractivity contribution in [3.63, 3.8) is 0 Å². The number of hydrogen-bond acceptors (Lipinski definition) is 3. The summed E-state index contributed by atoms with van der Waals surface area (Å²) in [4.78, 5) is 11.9. The van der Waals surface area contributed by atoms with E-state index in [-0.39, 0.29) is 11.1 Å². The van der Waals surface area contributed by atoms with Crippen molar-refractivity contribution < 1.29 is 4.74 Å². The summed E-state index contributed by atoms with van der Waals surface area (Å²) in [6.07, 6.45) is 5.27. The van der Waals surface area contributed by atoms with Gasteiger partial charge in [0.1, 0.15) is 11.8 Å². The molecule has 1 aliphatic carbocycles. The lowest BCUT2D eigenvalue weighted by Crippen LogP contribution is -2.22. The molecule has 4 nitrogen and oxygen atoms in total. The van der Waals surface area contributed by atoms with E-state index in [1.54, 1.807) is 16.8 Å². The molecule has 0 spiro atoms. The van der Waals surface area contributed by atoms with E-state index in [9.17, 15) is 4.79 Å². The predicted octanol–water partition coefficient (Wildman–Crippen LogP) is 1.53. The van der Waals surface area contributed by atoms with E-state index in [0.29, 0.717) is 12.3 Å². The summed E-state index contributed by atoms with van der Waals surface area (Å²) in [6.45, 7) is 0.697. The molecule has 2 rings (SSSR count). The van der Waals surface area contributed by atoms with Crippen LogP contribution in [0.1, 0.15) is 24.8 Å². The molecule has 1 saturated carbocycles. The maximum atomic E-state index is 11.9. The molecule has 1 aromatic rings. The Morgan fingerprint density at radius 2 is 2.38 bits per heavy atom. The molecule has 0 amide bonds. The van der Waals surface area contributed by atoms with E-state index in [4.69, 9.17) is 10.00 Å². The van der Waals surface area contributed by atoms with Gasteiger partial charge in [-0.3, -0.25) is 4.79 Å². The van der Waals surface area contributed by atoms with E-state index in [1.807, 2.05) is 6.07 Å². The van der Waals surface area contributed by atoms with Gasteiger partial charge in [0.15, 0.2) is 5.56 Å². The quantitative estimate of drug-likeness (QED) is 0.770. The number of aryl methyl sites for hydroxylation is 1. The zero-order valence-corrected chi connectivity index (χ0v) is 9.27. The molecule has 0 bridgehead atoms. The number of hydrogen-bond donors (Lipinski definition) is 0. The van der Waals surface area contributed by atoms with Gasteiger partial charge in [-0.05, 0) is 18.4 Å². The summed E-state index contributed by atoms with van der Waals surface area (Å²) in [5, 5.41) is 8.90. The second-order valence-electron chi connectivity index (χ2n) is 4.10. The van der Waals surface area contributed by atoms with Crippen LogP contribution in [0.5, 0.6) is 5.75 Å². The fraction of sp³-hybridized carbons (Fsp3) is 0.500. The smallest absolute Gasteiger partial charge is 0.272 e. The Morgan fingerprint density at radius 3 is 2.94 bits per heavy atom. The lowest BCUT2D eigenvalue weighted by molar-refractivity contribution is 0.410. The second kappa shape index (κ2) is 4.40. The van der Waals surface area contributed by atoms with Crippen molar-refractivity contribution in [1.29, 1.82) is 5.26 Å². The van der Waals surface area contributed by atoms with Crippen molar-refractivity contribution in [3.05, 3.63) is 28.2 Å². The van der Waals surface area contributed by atoms with Gasteiger partial charge in [0.25, 0.3) is 5.56 Å². The van der Waals surface area contributed by atoms with E-state index in [2.05, 4.69) is 0 Å². The van der Waals surface area contributed by atoms with Gasteiger partial charge in [-0.2, -0.15) is 5.26 Å². The van der Waals surface area contributed by atoms with Gasteiger partial charge in [-0.1, -0.05) is 12.8 Å². The number of methoxy groups -OCH3 is 1. The first-order chi connectivity index (χ1) is 7.76. The van der Waals surface area contributed by atoms with Gasteiger partial charge >= 0.3 is 0 Å². The zero-order chi connectivity index (χ0) is 11.5. The van der Waals surface area contributed by atoms with Crippen LogP contribution in [0.3, 0.4) is 0 Å². The Hall–Kier alpha value is -1.76. The summed E-state index contributed by atoms with van der Waals surface area (Å²) >= 11 is 0. The second-order valence-corrected chi connectivity index (χ2v) is 4.10. The van der Waals surface area contributed by atoms with Crippen LogP contribution in [0.25, 0.3) is 0 Å². The Morgan fingerprint density at radius 1 is 1.62 bits per heavy atom. The number of pyridine rings is 1. The van der Waals surface area contributed by atoms with Crippen molar-refractivity contribution in [2.75, 3.05) is 7.11 Å². The lowest BCUT2D eigenvalue weighted by Gasteiger charge is -2.07. The Labute approximate surface area is 94.1 Å². The zero-order valence-electron chi connectivity index (χ0n) is 9.27. The van der Waals surface area contributed by atoms with Crippen LogP contribution < -0.4 is 10.3 Å². The molecule has 0 aliphatic heterocycles. The third kappa shape index (κ3) is 2.08. The van der Waals surface area contributed by atoms with Gasteiger partial charge in [0.2, 0.25) is 0 Å². The molecule has 0 saturated heterocycles. The number of nitrogens with zero attached hydrogens (tertiary/aromatic N) is 2. The maximum absolute atomic E-state index is 11.9. The summed E-state index contributed by atoms with van der Waals surface area (Å²) in [5.74, 6) is 1.13. The van der Waals surface area contributed by atoms with E-state index >= 15 is 0 Å². The van der Waals surface area contributed by atoms with E-state index in [1.165, 1.54) is 20.0 Å². The number of rotatable bonds is 4. The summed E-state index contributed by atoms with van der Waals surface area (Å²) in [5.41, 5.74) is -0.150. The molecule has 1 fully saturated rings. The van der Waals surface area contributed by atoms with E-state index < -0.39 is 0 Å². The third-order valence-electron chi connectivity index (χ3n) is 2.93. The van der Waals surface area contributed by atoms with Crippen LogP contribution in [0.4, 0.5) is 0 Å². The molecule has 4 heteroatoms. The normalized spacial score (nSPS) is 14.5. The van der Waals surface area contributed by atoms with Gasteiger partial charge in [0, 0.05) is 12.7 Å². The minimum atomic E-state index is -0.248. The minimum absolute atomic E-state index is 0.0980. The lowest BCUT2D eigenvalue weighted by atomic mass is 10.2. The van der Waals surface area contributed by atoms with Gasteiger partial charge in [0.05, 0.1) is 7.11 Å². The standard InChI is InChI=1S/C12H14N2O2/c1-16-11-5-7-14(6-4-9-2-3-9)12(15)10(11)8-13/h5,7,9H,2-4,6H2,1H3. The third-order valence-corrected chi connectivity index (χ3v) is 2.93. The van der Waals surface area contributed by atoms with E-state index in [0.717, 1.165) is 12.3 Å². The van der Waals surface area contributed by atoms with Gasteiger partial charge < -0.3 is 9.30 Å². The SMILES string of the molecule is COc1ccn(CCC2CC2)c(=O)c1C#N. The highest BCUT2D eigenvalue weighted by atomic mass is 16.5. The van der Waals surface area contributed by atoms with Crippen LogP contribution in [-0.4, -0.2) is 11.7 Å². The Kier molecular flexibility index (Phi) is 2.95. The molecule has 0 atom stereocenters. The van der Waals surface area contributed by atoms with Crippen LogP contribution in [0.15, 0.2) is 17.1 Å². The van der Waals surface area contributed by atoms with Gasteiger partial charge in [-0.25, -0.2) is 0 Å². The van der Waals surface area contributed by atoms with Crippen molar-refractivity contribution in [3.8, 4) is 11.8 Å². The summed E-state index contributed by atoms with van der Waals surface area (Å²) in [6, 6.07) is 3.57. The van der Waals surface area contributed by atoms with Crippen molar-refractivity contribution in [2.24, 2.45) is 5.92 Å². The first-order valence-electron chi connectivity index (χ1n) is 5.43. The summed E-state index contributed by atoms with van der Waals surface area (Å²) in [7, 11) is 1.46. The number of ether oxygens (including phenoxy) is 1. The monoisotopic (exact) mass is 218 g/mol. The first kappa shape index (κ1) is 10.7. The fourth-order valence-electron chi connectivity index (χ4n) is 1.73. The highest BCUT2D eigenvalue weighted by molar-refractivity contribution is 5.40. The molecule has 84 valence electrons. The largest absolute Gasteiger partial charge is 0.495 e. The number of aromatic nitrogens is 1. The molecule has 0 unspecified atom stereocenters. The van der Waals surface area contributed by atoms with Crippen molar-refractivity contribution >= 4 is 0 Å². The Balaban J connectivity index is 2.25. The topological polar surface area (TPSA) is 55.0 Å². The molecule has 16 heavy (non-hydrogen) atoms. The molecule has 1 heterocycles. The first-order valence-corrected chi connectivity index (χ1v) is 5.43. The average Bonchev–Trinajstić information content (AvgIpc) is 3.11. The van der Waals surface area contributed by atoms with Crippen LogP contribution in [-0.2, 0) is 6.54 Å². The molecule has 1 aromatic heterocycles. The molecule has 1 aliphatic rings. The van der Waals surface area contributed by atoms with Crippen molar-refractivity contribution in [2.45, 2.75) is 25.8 Å². The minimum Gasteiger partial charge on any atom is -0.495 e.